The molecule has 1 aliphatic heterocycles. The van der Waals surface area contributed by atoms with Crippen LogP contribution in [0.4, 0.5) is 0 Å². The third-order valence-electron chi connectivity index (χ3n) is 2.80. The number of aliphatic hydroxyl groups excluding tert-OH is 1. The Morgan fingerprint density at radius 1 is 1.25 bits per heavy atom. The standard InChI is InChI=1S/C16H18O4/c1-16(2)19-13(11-15(18)20-16)9-6-10-14(17)12-7-4-3-5-8-12/h3-9,11,14,17H,10H2,1-2H3/b9-6+. The van der Waals surface area contributed by atoms with E-state index in [9.17, 15) is 9.90 Å². The summed E-state index contributed by atoms with van der Waals surface area (Å²) in [5.74, 6) is -0.945. The van der Waals surface area contributed by atoms with Gasteiger partial charge in [-0.3, -0.25) is 0 Å². The molecule has 20 heavy (non-hydrogen) atoms. The van der Waals surface area contributed by atoms with E-state index in [1.807, 2.05) is 30.3 Å². The van der Waals surface area contributed by atoms with Crippen LogP contribution in [0.2, 0.25) is 0 Å². The molecule has 1 N–H and O–H groups in total. The molecule has 4 nitrogen and oxygen atoms in total. The number of allylic oxidation sites excluding steroid dienone is 1. The molecule has 0 amide bonds. The van der Waals surface area contributed by atoms with E-state index in [2.05, 4.69) is 0 Å². The van der Waals surface area contributed by atoms with E-state index in [1.54, 1.807) is 26.0 Å². The van der Waals surface area contributed by atoms with Crippen molar-refractivity contribution in [3.05, 3.63) is 59.9 Å². The van der Waals surface area contributed by atoms with Crippen LogP contribution in [-0.4, -0.2) is 16.9 Å². The van der Waals surface area contributed by atoms with Crippen molar-refractivity contribution in [2.24, 2.45) is 0 Å². The molecule has 2 rings (SSSR count). The first-order valence-electron chi connectivity index (χ1n) is 6.49. The summed E-state index contributed by atoms with van der Waals surface area (Å²) < 4.78 is 10.5. The number of rotatable bonds is 4. The molecule has 1 heterocycles. The molecule has 0 saturated heterocycles. The van der Waals surface area contributed by atoms with Gasteiger partial charge in [-0.1, -0.05) is 36.4 Å². The van der Waals surface area contributed by atoms with Crippen LogP contribution in [-0.2, 0) is 14.3 Å². The monoisotopic (exact) mass is 274 g/mol. The highest BCUT2D eigenvalue weighted by Gasteiger charge is 2.28. The number of benzene rings is 1. The van der Waals surface area contributed by atoms with Gasteiger partial charge in [-0.25, -0.2) is 4.79 Å². The van der Waals surface area contributed by atoms with Crippen LogP contribution in [0, 0.1) is 0 Å². The van der Waals surface area contributed by atoms with E-state index in [-0.39, 0.29) is 0 Å². The average molecular weight is 274 g/mol. The SMILES string of the molecule is CC1(C)OC(=O)C=C(/C=C/CC(O)c2ccccc2)O1. The maximum Gasteiger partial charge on any atom is 0.337 e. The number of aliphatic hydroxyl groups is 1. The first-order chi connectivity index (χ1) is 9.46. The van der Waals surface area contributed by atoms with Crippen molar-refractivity contribution in [2.75, 3.05) is 0 Å². The molecule has 0 saturated carbocycles. The normalized spacial score (nSPS) is 19.1. The van der Waals surface area contributed by atoms with E-state index < -0.39 is 17.9 Å². The lowest BCUT2D eigenvalue weighted by molar-refractivity contribution is -0.203. The van der Waals surface area contributed by atoms with Crippen molar-refractivity contribution in [1.29, 1.82) is 0 Å². The van der Waals surface area contributed by atoms with Gasteiger partial charge in [-0.2, -0.15) is 0 Å². The van der Waals surface area contributed by atoms with Crippen LogP contribution in [0.15, 0.2) is 54.3 Å². The lowest BCUT2D eigenvalue weighted by Gasteiger charge is -2.29. The first kappa shape index (κ1) is 14.3. The number of carbonyl (C=O) groups excluding carboxylic acids is 1. The molecule has 1 unspecified atom stereocenters. The molecule has 0 fully saturated rings. The number of carbonyl (C=O) groups is 1. The minimum atomic E-state index is -0.955. The molecule has 1 aromatic rings. The van der Waals surface area contributed by atoms with Crippen LogP contribution < -0.4 is 0 Å². The average Bonchev–Trinajstić information content (AvgIpc) is 2.37. The van der Waals surface area contributed by atoms with Crippen molar-refractivity contribution in [1.82, 2.24) is 0 Å². The van der Waals surface area contributed by atoms with Gasteiger partial charge in [0.2, 0.25) is 5.79 Å². The van der Waals surface area contributed by atoms with Crippen molar-refractivity contribution < 1.29 is 19.4 Å². The van der Waals surface area contributed by atoms with Crippen molar-refractivity contribution >= 4 is 5.97 Å². The smallest absolute Gasteiger partial charge is 0.337 e. The molecular weight excluding hydrogens is 256 g/mol. The third kappa shape index (κ3) is 3.96. The molecule has 1 aliphatic rings. The summed E-state index contributed by atoms with van der Waals surface area (Å²) >= 11 is 0. The lowest BCUT2D eigenvalue weighted by atomic mass is 10.1. The van der Waals surface area contributed by atoms with Gasteiger partial charge in [0.1, 0.15) is 5.76 Å². The highest BCUT2D eigenvalue weighted by molar-refractivity contribution is 5.83. The summed E-state index contributed by atoms with van der Waals surface area (Å²) in [5.41, 5.74) is 0.857. The van der Waals surface area contributed by atoms with Crippen LogP contribution >= 0.6 is 0 Å². The molecule has 0 bridgehead atoms. The second-order valence-electron chi connectivity index (χ2n) is 5.03. The molecule has 0 aliphatic carbocycles. The van der Waals surface area contributed by atoms with Crippen molar-refractivity contribution in [2.45, 2.75) is 32.2 Å². The number of hydrogen-bond acceptors (Lipinski definition) is 4. The Morgan fingerprint density at radius 2 is 1.95 bits per heavy atom. The Labute approximate surface area is 118 Å². The molecule has 0 spiro atoms. The molecule has 106 valence electrons. The molecule has 1 aromatic carbocycles. The van der Waals surface area contributed by atoms with E-state index >= 15 is 0 Å². The fourth-order valence-corrected chi connectivity index (χ4v) is 1.93. The number of esters is 1. The van der Waals surface area contributed by atoms with Crippen LogP contribution in [0.5, 0.6) is 0 Å². The topological polar surface area (TPSA) is 55.8 Å². The zero-order chi connectivity index (χ0) is 14.6. The molecule has 4 heteroatoms. The largest absolute Gasteiger partial charge is 0.453 e. The fourth-order valence-electron chi connectivity index (χ4n) is 1.93. The highest BCUT2D eigenvalue weighted by Crippen LogP contribution is 2.23. The summed E-state index contributed by atoms with van der Waals surface area (Å²) in [4.78, 5) is 11.3. The summed E-state index contributed by atoms with van der Waals surface area (Å²) in [6.45, 7) is 3.34. The second-order valence-corrected chi connectivity index (χ2v) is 5.03. The lowest BCUT2D eigenvalue weighted by Crippen LogP contribution is -2.33. The quantitative estimate of drug-likeness (QED) is 0.858. The van der Waals surface area contributed by atoms with Gasteiger partial charge >= 0.3 is 5.97 Å². The minimum Gasteiger partial charge on any atom is -0.453 e. The summed E-state index contributed by atoms with van der Waals surface area (Å²) in [7, 11) is 0. The molecule has 1 atom stereocenters. The van der Waals surface area contributed by atoms with E-state index in [4.69, 9.17) is 9.47 Å². The van der Waals surface area contributed by atoms with Crippen LogP contribution in [0.1, 0.15) is 31.9 Å². The van der Waals surface area contributed by atoms with Gasteiger partial charge < -0.3 is 14.6 Å². The van der Waals surface area contributed by atoms with Gasteiger partial charge in [0.15, 0.2) is 0 Å². The van der Waals surface area contributed by atoms with Gasteiger partial charge in [-0.15, -0.1) is 0 Å². The van der Waals surface area contributed by atoms with E-state index in [0.29, 0.717) is 12.2 Å². The Hall–Kier alpha value is -2.07. The molecule has 0 aromatic heterocycles. The third-order valence-corrected chi connectivity index (χ3v) is 2.80. The maximum atomic E-state index is 11.3. The Kier molecular flexibility index (Phi) is 4.25. The summed E-state index contributed by atoms with van der Waals surface area (Å²) in [6.07, 6.45) is 4.61. The number of cyclic esters (lactones) is 1. The van der Waals surface area contributed by atoms with Gasteiger partial charge in [0.05, 0.1) is 12.2 Å². The molecular formula is C16H18O4. The number of hydrogen-bond donors (Lipinski definition) is 1. The number of ether oxygens (including phenoxy) is 2. The van der Waals surface area contributed by atoms with Crippen molar-refractivity contribution in [3.8, 4) is 0 Å². The van der Waals surface area contributed by atoms with Gasteiger partial charge in [-0.05, 0) is 18.1 Å². The van der Waals surface area contributed by atoms with Gasteiger partial charge in [0.25, 0.3) is 0 Å². The van der Waals surface area contributed by atoms with Crippen LogP contribution in [0.3, 0.4) is 0 Å². The maximum absolute atomic E-state index is 11.3. The Bertz CT molecular complexity index is 529. The Balaban J connectivity index is 1.95. The highest BCUT2D eigenvalue weighted by atomic mass is 16.7. The fraction of sp³-hybridized carbons (Fsp3) is 0.312. The van der Waals surface area contributed by atoms with Gasteiger partial charge in [0, 0.05) is 13.8 Å². The molecule has 0 radical (unpaired) electrons. The first-order valence-corrected chi connectivity index (χ1v) is 6.49. The predicted octanol–water partition coefficient (Wildman–Crippen LogP) is 2.86. The van der Waals surface area contributed by atoms with Crippen LogP contribution in [0.25, 0.3) is 0 Å². The van der Waals surface area contributed by atoms with Crippen molar-refractivity contribution in [3.63, 3.8) is 0 Å². The second kappa shape index (κ2) is 5.92. The summed E-state index contributed by atoms with van der Waals surface area (Å²) in [5, 5.41) is 10.0. The summed E-state index contributed by atoms with van der Waals surface area (Å²) in [6, 6.07) is 9.41. The van der Waals surface area contributed by atoms with E-state index in [0.717, 1.165) is 5.56 Å². The zero-order valence-electron chi connectivity index (χ0n) is 11.6. The minimum absolute atomic E-state index is 0.426. The Morgan fingerprint density at radius 3 is 2.60 bits per heavy atom. The predicted molar refractivity (Wildman–Crippen MR) is 74.5 cm³/mol. The van der Waals surface area contributed by atoms with E-state index in [1.165, 1.54) is 6.08 Å². The zero-order valence-corrected chi connectivity index (χ0v) is 11.6.